The van der Waals surface area contributed by atoms with Crippen molar-refractivity contribution in [2.75, 3.05) is 0 Å². The zero-order valence-electron chi connectivity index (χ0n) is 8.13. The number of benzene rings is 1. The molecule has 0 amide bonds. The lowest BCUT2D eigenvalue weighted by atomic mass is 10.0. The number of aliphatic hydroxyl groups excluding tert-OH is 2. The summed E-state index contributed by atoms with van der Waals surface area (Å²) in [6.45, 7) is 3.54. The fourth-order valence-electron chi connectivity index (χ4n) is 1.36. The van der Waals surface area contributed by atoms with Crippen molar-refractivity contribution >= 4 is 0 Å². The zero-order valence-corrected chi connectivity index (χ0v) is 8.13. The zero-order chi connectivity index (χ0) is 10.4. The van der Waals surface area contributed by atoms with Crippen LogP contribution in [0.3, 0.4) is 0 Å². The fraction of sp³-hybridized carbons (Fsp3) is 0.333. The van der Waals surface area contributed by atoms with E-state index < -0.39 is 12.2 Å². The monoisotopic (exact) mass is 192 g/mol. The van der Waals surface area contributed by atoms with E-state index in [9.17, 15) is 10.2 Å². The van der Waals surface area contributed by atoms with Crippen molar-refractivity contribution in [2.45, 2.75) is 25.0 Å². The first kappa shape index (κ1) is 11.0. The van der Waals surface area contributed by atoms with Gasteiger partial charge < -0.3 is 10.2 Å². The average Bonchev–Trinajstić information content (AvgIpc) is 2.19. The topological polar surface area (TPSA) is 40.5 Å². The number of rotatable bonds is 5. The first-order valence-corrected chi connectivity index (χ1v) is 4.76. The van der Waals surface area contributed by atoms with Crippen LogP contribution in [0.25, 0.3) is 0 Å². The third-order valence-electron chi connectivity index (χ3n) is 2.12. The van der Waals surface area contributed by atoms with Gasteiger partial charge in [0.15, 0.2) is 0 Å². The first-order valence-electron chi connectivity index (χ1n) is 4.76. The van der Waals surface area contributed by atoms with Crippen molar-refractivity contribution in [3.63, 3.8) is 0 Å². The molecule has 76 valence electrons. The number of hydrogen-bond donors (Lipinski definition) is 2. The lowest BCUT2D eigenvalue weighted by molar-refractivity contribution is 0.0822. The second kappa shape index (κ2) is 5.58. The minimum absolute atomic E-state index is 0.357. The molecule has 0 radical (unpaired) electrons. The van der Waals surface area contributed by atoms with Gasteiger partial charge in [-0.15, -0.1) is 6.58 Å². The molecular weight excluding hydrogens is 176 g/mol. The van der Waals surface area contributed by atoms with E-state index in [2.05, 4.69) is 6.58 Å². The van der Waals surface area contributed by atoms with E-state index in [1.807, 2.05) is 30.3 Å². The molecule has 1 aromatic rings. The van der Waals surface area contributed by atoms with Crippen LogP contribution in [0.4, 0.5) is 0 Å². The van der Waals surface area contributed by atoms with Crippen LogP contribution in [-0.4, -0.2) is 16.3 Å². The first-order chi connectivity index (χ1) is 6.74. The van der Waals surface area contributed by atoms with Gasteiger partial charge in [-0.2, -0.15) is 0 Å². The largest absolute Gasteiger partial charge is 0.393 e. The molecule has 14 heavy (non-hydrogen) atoms. The van der Waals surface area contributed by atoms with Crippen LogP contribution in [0.1, 0.15) is 24.5 Å². The van der Waals surface area contributed by atoms with Gasteiger partial charge >= 0.3 is 0 Å². The Kier molecular flexibility index (Phi) is 4.36. The highest BCUT2D eigenvalue weighted by molar-refractivity contribution is 5.17. The molecule has 0 bridgehead atoms. The Hall–Kier alpha value is -1.12. The van der Waals surface area contributed by atoms with E-state index in [-0.39, 0.29) is 0 Å². The van der Waals surface area contributed by atoms with Gasteiger partial charge in [0.25, 0.3) is 0 Å². The summed E-state index contributed by atoms with van der Waals surface area (Å²) in [5.74, 6) is 0. The predicted molar refractivity (Wildman–Crippen MR) is 56.8 cm³/mol. The maximum atomic E-state index is 9.72. The highest BCUT2D eigenvalue weighted by Crippen LogP contribution is 2.18. The molecule has 0 heterocycles. The molecule has 0 spiro atoms. The normalized spacial score (nSPS) is 14.7. The van der Waals surface area contributed by atoms with Crippen LogP contribution in [0.15, 0.2) is 43.0 Å². The lowest BCUT2D eigenvalue weighted by Gasteiger charge is -2.14. The SMILES string of the molecule is C=CCC(O)CC(O)c1ccccc1. The summed E-state index contributed by atoms with van der Waals surface area (Å²) < 4.78 is 0. The van der Waals surface area contributed by atoms with E-state index >= 15 is 0 Å². The summed E-state index contributed by atoms with van der Waals surface area (Å²) in [5.41, 5.74) is 0.843. The van der Waals surface area contributed by atoms with Gasteiger partial charge in [0.1, 0.15) is 0 Å². The van der Waals surface area contributed by atoms with Crippen molar-refractivity contribution in [1.82, 2.24) is 0 Å². The Labute approximate surface area is 84.5 Å². The van der Waals surface area contributed by atoms with Gasteiger partial charge in [0, 0.05) is 6.42 Å². The summed E-state index contributed by atoms with van der Waals surface area (Å²) in [5, 5.41) is 19.2. The molecule has 0 aromatic heterocycles. The fourth-order valence-corrected chi connectivity index (χ4v) is 1.36. The minimum Gasteiger partial charge on any atom is -0.393 e. The van der Waals surface area contributed by atoms with Crippen molar-refractivity contribution in [1.29, 1.82) is 0 Å². The summed E-state index contributed by atoms with van der Waals surface area (Å²) >= 11 is 0. The van der Waals surface area contributed by atoms with E-state index in [1.165, 1.54) is 0 Å². The molecule has 1 rings (SSSR count). The van der Waals surface area contributed by atoms with Crippen molar-refractivity contribution in [2.24, 2.45) is 0 Å². The maximum Gasteiger partial charge on any atom is 0.0814 e. The van der Waals surface area contributed by atoms with Crippen LogP contribution in [0.2, 0.25) is 0 Å². The van der Waals surface area contributed by atoms with Crippen LogP contribution >= 0.6 is 0 Å². The van der Waals surface area contributed by atoms with Crippen molar-refractivity contribution in [3.8, 4) is 0 Å². The summed E-state index contributed by atoms with van der Waals surface area (Å²) in [7, 11) is 0. The molecular formula is C12H16O2. The Balaban J connectivity index is 2.50. The van der Waals surface area contributed by atoms with Crippen LogP contribution < -0.4 is 0 Å². The molecule has 2 N–H and O–H groups in total. The Morgan fingerprint density at radius 1 is 1.21 bits per heavy atom. The molecule has 0 saturated heterocycles. The molecule has 2 unspecified atom stereocenters. The molecule has 1 aromatic carbocycles. The van der Waals surface area contributed by atoms with Gasteiger partial charge in [-0.05, 0) is 12.0 Å². The predicted octanol–water partition coefficient (Wildman–Crippen LogP) is 2.05. The average molecular weight is 192 g/mol. The van der Waals surface area contributed by atoms with Gasteiger partial charge in [0.05, 0.1) is 12.2 Å². The third-order valence-corrected chi connectivity index (χ3v) is 2.12. The van der Waals surface area contributed by atoms with Gasteiger partial charge in [0.2, 0.25) is 0 Å². The van der Waals surface area contributed by atoms with Crippen molar-refractivity contribution in [3.05, 3.63) is 48.6 Å². The number of aliphatic hydroxyl groups is 2. The van der Waals surface area contributed by atoms with E-state index in [4.69, 9.17) is 0 Å². The minimum atomic E-state index is -0.592. The maximum absolute atomic E-state index is 9.72. The third kappa shape index (κ3) is 3.32. The highest BCUT2D eigenvalue weighted by atomic mass is 16.3. The second-order valence-corrected chi connectivity index (χ2v) is 3.34. The van der Waals surface area contributed by atoms with Gasteiger partial charge in [-0.25, -0.2) is 0 Å². The molecule has 0 aliphatic heterocycles. The van der Waals surface area contributed by atoms with E-state index in [1.54, 1.807) is 6.08 Å². The van der Waals surface area contributed by atoms with Crippen LogP contribution in [0.5, 0.6) is 0 Å². The van der Waals surface area contributed by atoms with Crippen LogP contribution in [-0.2, 0) is 0 Å². The van der Waals surface area contributed by atoms with Gasteiger partial charge in [-0.1, -0.05) is 36.4 Å². The summed E-state index contributed by atoms with van der Waals surface area (Å²) in [6.07, 6.45) is 1.43. The quantitative estimate of drug-likeness (QED) is 0.701. The molecule has 0 aliphatic carbocycles. The van der Waals surface area contributed by atoms with Gasteiger partial charge in [-0.3, -0.25) is 0 Å². The van der Waals surface area contributed by atoms with Crippen LogP contribution in [0, 0.1) is 0 Å². The number of hydrogen-bond acceptors (Lipinski definition) is 2. The molecule has 0 saturated carbocycles. The summed E-state index contributed by atoms with van der Waals surface area (Å²) in [4.78, 5) is 0. The molecule has 2 atom stereocenters. The molecule has 2 heteroatoms. The summed E-state index contributed by atoms with van der Waals surface area (Å²) in [6, 6.07) is 9.35. The molecule has 0 aliphatic rings. The Morgan fingerprint density at radius 2 is 1.86 bits per heavy atom. The second-order valence-electron chi connectivity index (χ2n) is 3.34. The Morgan fingerprint density at radius 3 is 2.43 bits per heavy atom. The lowest BCUT2D eigenvalue weighted by Crippen LogP contribution is -2.11. The molecule has 2 nitrogen and oxygen atoms in total. The van der Waals surface area contributed by atoms with E-state index in [0.717, 1.165) is 5.56 Å². The van der Waals surface area contributed by atoms with Crippen molar-refractivity contribution < 1.29 is 10.2 Å². The van der Waals surface area contributed by atoms with E-state index in [0.29, 0.717) is 12.8 Å². The molecule has 0 fully saturated rings. The standard InChI is InChI=1S/C12H16O2/c1-2-6-11(13)9-12(14)10-7-4-3-5-8-10/h2-5,7-8,11-14H,1,6,9H2. The highest BCUT2D eigenvalue weighted by Gasteiger charge is 2.11. The smallest absolute Gasteiger partial charge is 0.0814 e. The Bertz CT molecular complexity index is 269.